The molecule has 34 heavy (non-hydrogen) atoms. The van der Waals surface area contributed by atoms with E-state index in [0.29, 0.717) is 42.2 Å². The highest BCUT2D eigenvalue weighted by atomic mass is 19.1. The van der Waals surface area contributed by atoms with E-state index in [4.69, 9.17) is 10.8 Å². The first kappa shape index (κ1) is 21.2. The zero-order valence-electron chi connectivity index (χ0n) is 19.6. The number of imide groups is 1. The van der Waals surface area contributed by atoms with Crippen LogP contribution in [-0.2, 0) is 34.0 Å². The molecule has 1 N–H and O–H groups in total. The second kappa shape index (κ2) is 9.52. The van der Waals surface area contributed by atoms with Crippen molar-refractivity contribution in [3.63, 3.8) is 0 Å². The van der Waals surface area contributed by atoms with Crippen LogP contribution < -0.4 is 10.1 Å². The summed E-state index contributed by atoms with van der Waals surface area (Å²) in [5.41, 5.74) is 2.25. The lowest BCUT2D eigenvalue weighted by atomic mass is 10.0. The number of nitrogens with zero attached hydrogens (tertiary/aromatic N) is 2. The molecule has 3 amide bonds. The number of ether oxygens (including phenoxy) is 2. The van der Waals surface area contributed by atoms with E-state index >= 15 is 0 Å². The first-order valence-electron chi connectivity index (χ1n) is 11.8. The summed E-state index contributed by atoms with van der Waals surface area (Å²) in [7, 11) is 0. The van der Waals surface area contributed by atoms with Crippen molar-refractivity contribution in [1.29, 1.82) is 0 Å². The molecule has 0 aliphatic carbocycles. The average molecular weight is 469 g/mol. The first-order chi connectivity index (χ1) is 16.8. The number of carbonyl (C=O) groups excluding carboxylic acids is 3. The van der Waals surface area contributed by atoms with Gasteiger partial charge in [0.05, 0.1) is 21.1 Å². The van der Waals surface area contributed by atoms with Crippen molar-refractivity contribution in [2.75, 3.05) is 26.3 Å². The van der Waals surface area contributed by atoms with Gasteiger partial charge in [0.15, 0.2) is 0 Å². The molecular weight excluding hydrogens is 441 g/mol. The molecule has 3 heterocycles. The van der Waals surface area contributed by atoms with Crippen molar-refractivity contribution in [3.05, 3.63) is 64.5 Å². The minimum absolute atomic E-state index is 0.00496. The number of morpholine rings is 1. The van der Waals surface area contributed by atoms with E-state index < -0.39 is 23.7 Å². The Bertz CT molecular complexity index is 1190. The molecule has 0 spiro atoms. The Hall–Kier alpha value is -3.30. The molecule has 5 rings (SSSR count). The summed E-state index contributed by atoms with van der Waals surface area (Å²) in [6.45, 7) is 3.68. The van der Waals surface area contributed by atoms with Crippen LogP contribution in [0.5, 0.6) is 5.75 Å². The highest BCUT2D eigenvalue weighted by molar-refractivity contribution is 6.05. The number of piperidine rings is 1. The lowest BCUT2D eigenvalue weighted by molar-refractivity contribution is -0.136. The number of nitrogens with one attached hydrogen (secondary N) is 1. The van der Waals surface area contributed by atoms with Crippen molar-refractivity contribution < 1.29 is 29.6 Å². The third kappa shape index (κ3) is 4.53. The van der Waals surface area contributed by atoms with Gasteiger partial charge in [-0.25, -0.2) is 4.39 Å². The fourth-order valence-corrected chi connectivity index (χ4v) is 4.53. The summed E-state index contributed by atoms with van der Waals surface area (Å²) in [6, 6.07) is 8.06. The summed E-state index contributed by atoms with van der Waals surface area (Å²) < 4.78 is 34.5. The fraction of sp³-hybridized carbons (Fsp3) is 0.400. The number of fused-ring (bicyclic) bond motifs is 1. The van der Waals surface area contributed by atoms with Gasteiger partial charge >= 0.3 is 0 Å². The molecule has 8 nitrogen and oxygen atoms in total. The number of rotatable bonds is 6. The van der Waals surface area contributed by atoms with Gasteiger partial charge in [0, 0.05) is 42.7 Å². The van der Waals surface area contributed by atoms with Gasteiger partial charge in [0.2, 0.25) is 11.8 Å². The Kier molecular flexibility index (Phi) is 5.95. The average Bonchev–Trinajstić information content (AvgIpc) is 3.20. The monoisotopic (exact) mass is 468 g/mol. The van der Waals surface area contributed by atoms with Crippen LogP contribution in [0.3, 0.4) is 0 Å². The van der Waals surface area contributed by atoms with Crippen molar-refractivity contribution in [3.8, 4) is 5.75 Å². The van der Waals surface area contributed by atoms with Crippen LogP contribution in [0.2, 0.25) is 0 Å². The SMILES string of the molecule is [2H]C1(N2Cc3c(OCc4cc(CN5CCOCC5)ccc4F)cccc3C2=O)CCC(=O)NC1=O. The predicted molar refractivity (Wildman–Crippen MR) is 119 cm³/mol. The second-order valence-corrected chi connectivity index (χ2v) is 8.60. The molecular formula is C25H26FN3O5. The molecule has 2 saturated heterocycles. The molecule has 0 saturated carbocycles. The smallest absolute Gasteiger partial charge is 0.255 e. The van der Waals surface area contributed by atoms with Crippen LogP contribution in [-0.4, -0.2) is 59.8 Å². The van der Waals surface area contributed by atoms with E-state index in [9.17, 15) is 18.8 Å². The number of carbonyl (C=O) groups is 3. The highest BCUT2D eigenvalue weighted by Crippen LogP contribution is 2.34. The van der Waals surface area contributed by atoms with Crippen molar-refractivity contribution in [2.45, 2.75) is 38.6 Å². The summed E-state index contributed by atoms with van der Waals surface area (Å²) in [6.07, 6.45) is -0.0898. The van der Waals surface area contributed by atoms with E-state index in [0.717, 1.165) is 23.6 Å². The zero-order chi connectivity index (χ0) is 24.6. The van der Waals surface area contributed by atoms with E-state index in [1.54, 1.807) is 30.3 Å². The quantitative estimate of drug-likeness (QED) is 0.653. The van der Waals surface area contributed by atoms with Gasteiger partial charge in [0.25, 0.3) is 5.91 Å². The summed E-state index contributed by atoms with van der Waals surface area (Å²) in [5.74, 6) is -1.72. The van der Waals surface area contributed by atoms with Crippen molar-refractivity contribution >= 4 is 17.7 Å². The summed E-state index contributed by atoms with van der Waals surface area (Å²) in [5, 5.41) is 2.15. The fourth-order valence-electron chi connectivity index (χ4n) is 4.53. The van der Waals surface area contributed by atoms with Gasteiger partial charge in [0.1, 0.15) is 24.2 Å². The van der Waals surface area contributed by atoms with E-state index in [2.05, 4.69) is 10.2 Å². The first-order valence-corrected chi connectivity index (χ1v) is 11.3. The number of halogens is 1. The summed E-state index contributed by atoms with van der Waals surface area (Å²) >= 11 is 0. The predicted octanol–water partition coefficient (Wildman–Crippen LogP) is 2.00. The molecule has 0 aromatic heterocycles. The molecule has 2 fully saturated rings. The van der Waals surface area contributed by atoms with Crippen LogP contribution in [0.15, 0.2) is 36.4 Å². The van der Waals surface area contributed by atoms with Gasteiger partial charge in [-0.3, -0.25) is 24.6 Å². The standard InChI is InChI=1S/C25H26FN3O5/c26-20-5-4-16(13-28-8-10-33-11-9-28)12-17(20)15-34-22-3-1-2-18-19(22)14-29(25(18)32)21-6-7-23(30)27-24(21)31/h1-5,12,21H,6-11,13-15H2,(H,27,30,31)/i21D. The maximum atomic E-state index is 14.5. The van der Waals surface area contributed by atoms with Crippen LogP contribution in [0, 0.1) is 5.82 Å². The maximum absolute atomic E-state index is 14.5. The molecule has 0 bridgehead atoms. The normalized spacial score (nSPS) is 23.5. The van der Waals surface area contributed by atoms with E-state index in [1.165, 1.54) is 6.07 Å². The lowest BCUT2D eigenvalue weighted by Crippen LogP contribution is -2.52. The largest absolute Gasteiger partial charge is 0.488 e. The number of hydrogen-bond acceptors (Lipinski definition) is 6. The third-order valence-corrected chi connectivity index (χ3v) is 6.36. The minimum atomic E-state index is -1.87. The Labute approximate surface area is 198 Å². The Balaban J connectivity index is 1.32. The Morgan fingerprint density at radius 1 is 1.18 bits per heavy atom. The Morgan fingerprint density at radius 3 is 2.79 bits per heavy atom. The third-order valence-electron chi connectivity index (χ3n) is 6.36. The minimum Gasteiger partial charge on any atom is -0.488 e. The molecule has 3 aliphatic heterocycles. The highest BCUT2D eigenvalue weighted by Gasteiger charge is 2.40. The van der Waals surface area contributed by atoms with Gasteiger partial charge in [-0.15, -0.1) is 0 Å². The van der Waals surface area contributed by atoms with Crippen LogP contribution in [0.1, 0.15) is 41.3 Å². The summed E-state index contributed by atoms with van der Waals surface area (Å²) in [4.78, 5) is 40.4. The van der Waals surface area contributed by atoms with Crippen molar-refractivity contribution in [1.82, 2.24) is 15.1 Å². The molecule has 1 atom stereocenters. The van der Waals surface area contributed by atoms with Crippen molar-refractivity contribution in [2.24, 2.45) is 0 Å². The van der Waals surface area contributed by atoms with E-state index in [1.807, 2.05) is 0 Å². The molecule has 0 radical (unpaired) electrons. The zero-order valence-corrected chi connectivity index (χ0v) is 18.6. The second-order valence-electron chi connectivity index (χ2n) is 8.60. The molecule has 1 unspecified atom stereocenters. The van der Waals surface area contributed by atoms with Gasteiger partial charge in [-0.2, -0.15) is 0 Å². The van der Waals surface area contributed by atoms with Crippen LogP contribution in [0.25, 0.3) is 0 Å². The molecule has 2 aromatic carbocycles. The number of benzene rings is 2. The van der Waals surface area contributed by atoms with Gasteiger partial charge in [-0.05, 0) is 36.2 Å². The lowest BCUT2D eigenvalue weighted by Gasteiger charge is -2.29. The van der Waals surface area contributed by atoms with Crippen LogP contribution >= 0.6 is 0 Å². The molecule has 178 valence electrons. The molecule has 9 heteroatoms. The molecule has 3 aliphatic rings. The number of amides is 3. The maximum Gasteiger partial charge on any atom is 0.255 e. The number of hydrogen-bond donors (Lipinski definition) is 1. The van der Waals surface area contributed by atoms with Gasteiger partial charge < -0.3 is 14.4 Å². The molecule has 2 aromatic rings. The Morgan fingerprint density at radius 2 is 2.00 bits per heavy atom. The van der Waals surface area contributed by atoms with Crippen LogP contribution in [0.4, 0.5) is 4.39 Å². The van der Waals surface area contributed by atoms with E-state index in [-0.39, 0.29) is 31.8 Å². The topological polar surface area (TPSA) is 88.2 Å². The van der Waals surface area contributed by atoms with Gasteiger partial charge in [-0.1, -0.05) is 12.1 Å².